The van der Waals surface area contributed by atoms with E-state index in [4.69, 9.17) is 9.47 Å². The lowest BCUT2D eigenvalue weighted by molar-refractivity contribution is -0.132. The van der Waals surface area contributed by atoms with Gasteiger partial charge in [-0.3, -0.25) is 9.59 Å². The first-order chi connectivity index (χ1) is 13.2. The van der Waals surface area contributed by atoms with Gasteiger partial charge in [-0.15, -0.1) is 0 Å². The number of hydrogen-bond donors (Lipinski definition) is 1. The SMILES string of the molecule is COc1ccc(C2CN(C(=O)CC(C)(C)C)CC2C(=O)NC2CC2)c(OC)c1. The minimum atomic E-state index is -0.271. The largest absolute Gasteiger partial charge is 0.497 e. The molecular weight excluding hydrogens is 356 g/mol. The zero-order valence-corrected chi connectivity index (χ0v) is 17.6. The van der Waals surface area contributed by atoms with Crippen molar-refractivity contribution in [2.45, 2.75) is 52.0 Å². The van der Waals surface area contributed by atoms with Crippen LogP contribution >= 0.6 is 0 Å². The topological polar surface area (TPSA) is 67.9 Å². The van der Waals surface area contributed by atoms with Gasteiger partial charge in [-0.2, -0.15) is 0 Å². The Kier molecular flexibility index (Phi) is 5.87. The molecule has 6 heteroatoms. The molecule has 1 aliphatic heterocycles. The Bertz CT molecular complexity index is 737. The van der Waals surface area contributed by atoms with E-state index in [9.17, 15) is 9.59 Å². The smallest absolute Gasteiger partial charge is 0.225 e. The Labute approximate surface area is 167 Å². The molecule has 2 amide bonds. The van der Waals surface area contributed by atoms with Crippen LogP contribution in [0.25, 0.3) is 0 Å². The van der Waals surface area contributed by atoms with E-state index in [0.717, 1.165) is 18.4 Å². The second kappa shape index (κ2) is 8.02. The minimum Gasteiger partial charge on any atom is -0.497 e. The summed E-state index contributed by atoms with van der Waals surface area (Å²) in [5.74, 6) is 1.18. The van der Waals surface area contributed by atoms with Crippen molar-refractivity contribution in [3.63, 3.8) is 0 Å². The third kappa shape index (κ3) is 4.78. The normalized spacial score (nSPS) is 22.1. The number of hydrogen-bond acceptors (Lipinski definition) is 4. The first kappa shape index (κ1) is 20.5. The molecule has 28 heavy (non-hydrogen) atoms. The fourth-order valence-electron chi connectivity index (χ4n) is 3.81. The van der Waals surface area contributed by atoms with E-state index in [-0.39, 0.29) is 29.1 Å². The van der Waals surface area contributed by atoms with Gasteiger partial charge in [-0.25, -0.2) is 0 Å². The zero-order valence-electron chi connectivity index (χ0n) is 17.6. The average molecular weight is 389 g/mol. The van der Waals surface area contributed by atoms with Crippen molar-refractivity contribution >= 4 is 11.8 Å². The molecule has 1 heterocycles. The second-order valence-corrected chi connectivity index (χ2v) is 9.14. The van der Waals surface area contributed by atoms with Gasteiger partial charge >= 0.3 is 0 Å². The maximum absolute atomic E-state index is 12.9. The van der Waals surface area contributed by atoms with Crippen LogP contribution in [0.3, 0.4) is 0 Å². The molecule has 2 fully saturated rings. The fourth-order valence-corrected chi connectivity index (χ4v) is 3.81. The second-order valence-electron chi connectivity index (χ2n) is 9.14. The van der Waals surface area contributed by atoms with Crippen molar-refractivity contribution in [3.8, 4) is 11.5 Å². The Morgan fingerprint density at radius 2 is 1.86 bits per heavy atom. The molecule has 1 aliphatic carbocycles. The number of rotatable bonds is 6. The lowest BCUT2D eigenvalue weighted by Crippen LogP contribution is -2.37. The number of carbonyl (C=O) groups excluding carboxylic acids is 2. The first-order valence-corrected chi connectivity index (χ1v) is 10.0. The molecule has 0 radical (unpaired) electrons. The summed E-state index contributed by atoms with van der Waals surface area (Å²) < 4.78 is 10.9. The fraction of sp³-hybridized carbons (Fsp3) is 0.636. The molecular formula is C22H32N2O4. The number of ether oxygens (including phenoxy) is 2. The van der Waals surface area contributed by atoms with E-state index in [1.807, 2.05) is 23.1 Å². The molecule has 2 aliphatic rings. The highest BCUT2D eigenvalue weighted by molar-refractivity contribution is 5.84. The highest BCUT2D eigenvalue weighted by atomic mass is 16.5. The van der Waals surface area contributed by atoms with Gasteiger partial charge in [0.1, 0.15) is 11.5 Å². The lowest BCUT2D eigenvalue weighted by atomic mass is 9.87. The molecule has 6 nitrogen and oxygen atoms in total. The summed E-state index contributed by atoms with van der Waals surface area (Å²) in [6, 6.07) is 5.97. The lowest BCUT2D eigenvalue weighted by Gasteiger charge is -2.23. The standard InChI is InChI=1S/C22H32N2O4/c1-22(2,3)11-20(25)24-12-17(18(13-24)21(26)23-14-6-7-14)16-9-8-15(27-4)10-19(16)28-5/h8-10,14,17-18H,6-7,11-13H2,1-5H3,(H,23,26). The third-order valence-corrected chi connectivity index (χ3v) is 5.45. The molecule has 154 valence electrons. The highest BCUT2D eigenvalue weighted by Crippen LogP contribution is 2.40. The summed E-state index contributed by atoms with van der Waals surface area (Å²) >= 11 is 0. The average Bonchev–Trinajstić information content (AvgIpc) is 3.33. The van der Waals surface area contributed by atoms with Crippen LogP contribution in [0.2, 0.25) is 0 Å². The van der Waals surface area contributed by atoms with Gasteiger partial charge in [0, 0.05) is 43.1 Å². The van der Waals surface area contributed by atoms with Gasteiger partial charge in [0.2, 0.25) is 11.8 Å². The monoisotopic (exact) mass is 388 g/mol. The first-order valence-electron chi connectivity index (χ1n) is 10.0. The number of nitrogens with zero attached hydrogens (tertiary/aromatic N) is 1. The maximum atomic E-state index is 12.9. The van der Waals surface area contributed by atoms with E-state index < -0.39 is 0 Å². The van der Waals surface area contributed by atoms with Crippen LogP contribution in [-0.2, 0) is 9.59 Å². The Hall–Kier alpha value is -2.24. The molecule has 1 saturated heterocycles. The van der Waals surface area contributed by atoms with Crippen molar-refractivity contribution < 1.29 is 19.1 Å². The van der Waals surface area contributed by atoms with Gasteiger partial charge in [-0.05, 0) is 24.3 Å². The van der Waals surface area contributed by atoms with Gasteiger partial charge in [0.15, 0.2) is 0 Å². The number of methoxy groups -OCH3 is 2. The van der Waals surface area contributed by atoms with E-state index >= 15 is 0 Å². The van der Waals surface area contributed by atoms with Crippen molar-refractivity contribution in [2.24, 2.45) is 11.3 Å². The Morgan fingerprint density at radius 3 is 2.43 bits per heavy atom. The van der Waals surface area contributed by atoms with Gasteiger partial charge in [0.05, 0.1) is 20.1 Å². The minimum absolute atomic E-state index is 0.0384. The quantitative estimate of drug-likeness (QED) is 0.814. The molecule has 1 aromatic carbocycles. The molecule has 1 aromatic rings. The van der Waals surface area contributed by atoms with E-state index in [0.29, 0.717) is 37.1 Å². The Morgan fingerprint density at radius 1 is 1.14 bits per heavy atom. The number of carbonyl (C=O) groups is 2. The predicted molar refractivity (Wildman–Crippen MR) is 108 cm³/mol. The molecule has 2 atom stereocenters. The van der Waals surface area contributed by atoms with Crippen molar-refractivity contribution in [3.05, 3.63) is 23.8 Å². The summed E-state index contributed by atoms with van der Waals surface area (Å²) in [4.78, 5) is 27.6. The predicted octanol–water partition coefficient (Wildman–Crippen LogP) is 2.96. The van der Waals surface area contributed by atoms with Crippen LogP contribution in [0.4, 0.5) is 0 Å². The third-order valence-electron chi connectivity index (χ3n) is 5.45. The number of benzene rings is 1. The molecule has 0 aromatic heterocycles. The number of amides is 2. The number of likely N-dealkylation sites (tertiary alicyclic amines) is 1. The van der Waals surface area contributed by atoms with Crippen LogP contribution in [0.5, 0.6) is 11.5 Å². The van der Waals surface area contributed by atoms with Crippen LogP contribution < -0.4 is 14.8 Å². The van der Waals surface area contributed by atoms with Gasteiger partial charge in [0.25, 0.3) is 0 Å². The molecule has 0 bridgehead atoms. The summed E-state index contributed by atoms with van der Waals surface area (Å²) in [6.45, 7) is 7.15. The molecule has 2 unspecified atom stereocenters. The Balaban J connectivity index is 1.87. The molecule has 1 saturated carbocycles. The maximum Gasteiger partial charge on any atom is 0.225 e. The van der Waals surface area contributed by atoms with E-state index in [1.165, 1.54) is 0 Å². The summed E-state index contributed by atoms with van der Waals surface area (Å²) in [5, 5.41) is 3.12. The summed E-state index contributed by atoms with van der Waals surface area (Å²) in [5.41, 5.74) is 0.865. The van der Waals surface area contributed by atoms with Crippen LogP contribution in [0.1, 0.15) is 51.5 Å². The van der Waals surface area contributed by atoms with Crippen molar-refractivity contribution in [2.75, 3.05) is 27.3 Å². The zero-order chi connectivity index (χ0) is 20.5. The highest BCUT2D eigenvalue weighted by Gasteiger charge is 2.43. The van der Waals surface area contributed by atoms with Gasteiger partial charge < -0.3 is 19.7 Å². The van der Waals surface area contributed by atoms with E-state index in [1.54, 1.807) is 14.2 Å². The van der Waals surface area contributed by atoms with Gasteiger partial charge in [-0.1, -0.05) is 26.8 Å². The number of nitrogens with one attached hydrogen (secondary N) is 1. The summed E-state index contributed by atoms with van der Waals surface area (Å²) in [6.07, 6.45) is 2.56. The molecule has 3 rings (SSSR count). The van der Waals surface area contributed by atoms with E-state index in [2.05, 4.69) is 26.1 Å². The van der Waals surface area contributed by atoms with Crippen molar-refractivity contribution in [1.82, 2.24) is 10.2 Å². The molecule has 1 N–H and O–H groups in total. The van der Waals surface area contributed by atoms with Crippen LogP contribution in [-0.4, -0.2) is 50.1 Å². The molecule has 0 spiro atoms. The van der Waals surface area contributed by atoms with Crippen LogP contribution in [0, 0.1) is 11.3 Å². The van der Waals surface area contributed by atoms with Crippen molar-refractivity contribution in [1.29, 1.82) is 0 Å². The van der Waals surface area contributed by atoms with Crippen LogP contribution in [0.15, 0.2) is 18.2 Å². The summed E-state index contributed by atoms with van der Waals surface area (Å²) in [7, 11) is 3.23.